The molecule has 19 heavy (non-hydrogen) atoms. The van der Waals surface area contributed by atoms with Crippen molar-refractivity contribution < 1.29 is 4.74 Å². The first-order chi connectivity index (χ1) is 9.01. The van der Waals surface area contributed by atoms with Gasteiger partial charge in [0.25, 0.3) is 0 Å². The van der Waals surface area contributed by atoms with E-state index < -0.39 is 0 Å². The summed E-state index contributed by atoms with van der Waals surface area (Å²) in [6.45, 7) is 6.19. The van der Waals surface area contributed by atoms with E-state index >= 15 is 0 Å². The Bertz CT molecular complexity index is 583. The average Bonchev–Trinajstić information content (AvgIpc) is 2.78. The minimum atomic E-state index is 0.152. The molecule has 0 aliphatic carbocycles. The lowest BCUT2D eigenvalue weighted by molar-refractivity contribution is 0.415. The number of anilines is 1. The number of methoxy groups -OCH3 is 1. The van der Waals surface area contributed by atoms with Gasteiger partial charge in [-0.15, -0.1) is 11.3 Å². The van der Waals surface area contributed by atoms with Crippen LogP contribution in [0.2, 0.25) is 0 Å². The van der Waals surface area contributed by atoms with Crippen LogP contribution in [0.25, 0.3) is 0 Å². The van der Waals surface area contributed by atoms with E-state index in [9.17, 15) is 0 Å². The summed E-state index contributed by atoms with van der Waals surface area (Å²) in [5, 5.41) is 6.66. The summed E-state index contributed by atoms with van der Waals surface area (Å²) in [5.41, 5.74) is 3.22. The van der Waals surface area contributed by atoms with Gasteiger partial charge in [0.1, 0.15) is 5.75 Å². The summed E-state index contributed by atoms with van der Waals surface area (Å²) in [4.78, 5) is 4.52. The number of thiazole rings is 1. The number of benzene rings is 1. The van der Waals surface area contributed by atoms with Gasteiger partial charge in [-0.3, -0.25) is 0 Å². The normalized spacial score (nSPS) is 12.3. The zero-order chi connectivity index (χ0) is 14.0. The van der Waals surface area contributed by atoms with Gasteiger partial charge in [0.05, 0.1) is 29.5 Å². The minimum absolute atomic E-state index is 0.152. The van der Waals surface area contributed by atoms with Crippen molar-refractivity contribution in [3.63, 3.8) is 0 Å². The molecule has 1 atom stereocenters. The van der Waals surface area contributed by atoms with Gasteiger partial charge in [-0.05, 0) is 38.5 Å². The summed E-state index contributed by atoms with van der Waals surface area (Å²) >= 11 is 5.15. The maximum Gasteiger partial charge on any atom is 0.143 e. The van der Waals surface area contributed by atoms with Gasteiger partial charge in [-0.2, -0.15) is 0 Å². The molecule has 0 saturated carbocycles. The monoisotopic (exact) mass is 340 g/mol. The van der Waals surface area contributed by atoms with Crippen LogP contribution in [0.4, 0.5) is 5.69 Å². The fourth-order valence-corrected chi connectivity index (χ4v) is 3.19. The first kappa shape index (κ1) is 14.3. The van der Waals surface area contributed by atoms with Gasteiger partial charge in [0, 0.05) is 9.85 Å². The Morgan fingerprint density at radius 3 is 2.68 bits per heavy atom. The minimum Gasteiger partial charge on any atom is -0.495 e. The van der Waals surface area contributed by atoms with Crippen LogP contribution < -0.4 is 10.1 Å². The van der Waals surface area contributed by atoms with Crippen LogP contribution >= 0.6 is 27.3 Å². The third-order valence-electron chi connectivity index (χ3n) is 2.93. The van der Waals surface area contributed by atoms with Crippen LogP contribution in [0.1, 0.15) is 29.2 Å². The highest BCUT2D eigenvalue weighted by molar-refractivity contribution is 9.10. The van der Waals surface area contributed by atoms with Gasteiger partial charge in [-0.25, -0.2) is 4.98 Å². The second-order valence-electron chi connectivity index (χ2n) is 4.46. The Kier molecular flexibility index (Phi) is 4.47. The van der Waals surface area contributed by atoms with Gasteiger partial charge < -0.3 is 10.1 Å². The molecule has 0 aliphatic heterocycles. The Balaban J connectivity index is 2.28. The standard InChI is InChI=1S/C14H17BrN2OS/c1-8-5-11(15)6-13(18-4)14(8)16-9(2)12-7-19-10(3)17-12/h5-7,9,16H,1-4H3. The summed E-state index contributed by atoms with van der Waals surface area (Å²) in [6.07, 6.45) is 0. The lowest BCUT2D eigenvalue weighted by Gasteiger charge is -2.18. The molecule has 1 heterocycles. The predicted octanol–water partition coefficient (Wildman–Crippen LogP) is 4.70. The van der Waals surface area contributed by atoms with Crippen LogP contribution in [-0.2, 0) is 0 Å². The van der Waals surface area contributed by atoms with Crippen molar-refractivity contribution >= 4 is 33.0 Å². The Morgan fingerprint density at radius 1 is 1.37 bits per heavy atom. The number of halogens is 1. The summed E-state index contributed by atoms with van der Waals surface area (Å²) in [5.74, 6) is 0.839. The molecule has 5 heteroatoms. The van der Waals surface area contributed by atoms with Crippen LogP contribution in [0.3, 0.4) is 0 Å². The molecule has 102 valence electrons. The van der Waals surface area contributed by atoms with E-state index in [0.29, 0.717) is 0 Å². The van der Waals surface area contributed by atoms with Crippen molar-refractivity contribution in [2.75, 3.05) is 12.4 Å². The number of ether oxygens (including phenoxy) is 1. The molecule has 2 rings (SSSR count). The van der Waals surface area contributed by atoms with Gasteiger partial charge in [0.2, 0.25) is 0 Å². The summed E-state index contributed by atoms with van der Waals surface area (Å²) < 4.78 is 6.46. The maximum atomic E-state index is 5.44. The molecule has 0 fully saturated rings. The molecular formula is C14H17BrN2OS. The van der Waals surface area contributed by atoms with Crippen molar-refractivity contribution in [3.8, 4) is 5.75 Å². The van der Waals surface area contributed by atoms with Crippen molar-refractivity contribution in [3.05, 3.63) is 38.3 Å². The third-order valence-corrected chi connectivity index (χ3v) is 4.17. The number of nitrogens with zero attached hydrogens (tertiary/aromatic N) is 1. The predicted molar refractivity (Wildman–Crippen MR) is 84.3 cm³/mol. The van der Waals surface area contributed by atoms with Gasteiger partial charge in [0.15, 0.2) is 0 Å². The van der Waals surface area contributed by atoms with E-state index in [1.807, 2.05) is 13.0 Å². The van der Waals surface area contributed by atoms with E-state index in [1.165, 1.54) is 0 Å². The largest absolute Gasteiger partial charge is 0.495 e. The molecule has 0 amide bonds. The Labute approximate surface area is 126 Å². The van der Waals surface area contributed by atoms with E-state index in [1.54, 1.807) is 18.4 Å². The first-order valence-corrected chi connectivity index (χ1v) is 7.71. The molecule has 0 aliphatic rings. The number of aryl methyl sites for hydroxylation is 2. The number of aromatic nitrogens is 1. The molecule has 3 nitrogen and oxygen atoms in total. The highest BCUT2D eigenvalue weighted by Gasteiger charge is 2.14. The molecule has 1 aromatic carbocycles. The van der Waals surface area contributed by atoms with E-state index in [4.69, 9.17) is 4.74 Å². The van der Waals surface area contributed by atoms with Crippen LogP contribution in [0, 0.1) is 13.8 Å². The third kappa shape index (κ3) is 3.28. The van der Waals surface area contributed by atoms with Crippen LogP contribution in [0.5, 0.6) is 5.75 Å². The van der Waals surface area contributed by atoms with Crippen molar-refractivity contribution in [2.45, 2.75) is 26.8 Å². The number of rotatable bonds is 4. The maximum absolute atomic E-state index is 5.44. The second-order valence-corrected chi connectivity index (χ2v) is 6.44. The molecule has 0 spiro atoms. The van der Waals surface area contributed by atoms with Gasteiger partial charge >= 0.3 is 0 Å². The smallest absolute Gasteiger partial charge is 0.143 e. The van der Waals surface area contributed by atoms with E-state index in [0.717, 1.165) is 32.2 Å². The average molecular weight is 341 g/mol. The zero-order valence-electron chi connectivity index (χ0n) is 11.5. The Morgan fingerprint density at radius 2 is 2.11 bits per heavy atom. The second kappa shape index (κ2) is 5.92. The van der Waals surface area contributed by atoms with Crippen LogP contribution in [0.15, 0.2) is 22.0 Å². The van der Waals surface area contributed by atoms with E-state index in [2.05, 4.69) is 51.5 Å². The molecule has 0 radical (unpaired) electrons. The molecule has 1 aromatic heterocycles. The highest BCUT2D eigenvalue weighted by Crippen LogP contribution is 2.34. The SMILES string of the molecule is COc1cc(Br)cc(C)c1NC(C)c1csc(C)n1. The summed E-state index contributed by atoms with van der Waals surface area (Å²) in [6, 6.07) is 4.19. The fourth-order valence-electron chi connectivity index (χ4n) is 1.93. The van der Waals surface area contributed by atoms with E-state index in [-0.39, 0.29) is 6.04 Å². The number of hydrogen-bond acceptors (Lipinski definition) is 4. The number of nitrogens with one attached hydrogen (secondary N) is 1. The molecule has 1 N–H and O–H groups in total. The molecule has 0 bridgehead atoms. The first-order valence-electron chi connectivity index (χ1n) is 6.04. The Hall–Kier alpha value is -1.07. The van der Waals surface area contributed by atoms with Crippen LogP contribution in [-0.4, -0.2) is 12.1 Å². The van der Waals surface area contributed by atoms with Crippen molar-refractivity contribution in [2.24, 2.45) is 0 Å². The lowest BCUT2D eigenvalue weighted by Crippen LogP contribution is -2.09. The topological polar surface area (TPSA) is 34.1 Å². The molecule has 1 unspecified atom stereocenters. The fraction of sp³-hybridized carbons (Fsp3) is 0.357. The zero-order valence-corrected chi connectivity index (χ0v) is 13.9. The number of hydrogen-bond donors (Lipinski definition) is 1. The lowest BCUT2D eigenvalue weighted by atomic mass is 10.1. The molecular weight excluding hydrogens is 324 g/mol. The summed E-state index contributed by atoms with van der Waals surface area (Å²) in [7, 11) is 1.68. The van der Waals surface area contributed by atoms with Crippen molar-refractivity contribution in [1.29, 1.82) is 0 Å². The van der Waals surface area contributed by atoms with Crippen molar-refractivity contribution in [1.82, 2.24) is 4.98 Å². The molecule has 2 aromatic rings. The van der Waals surface area contributed by atoms with Gasteiger partial charge in [-0.1, -0.05) is 15.9 Å². The quantitative estimate of drug-likeness (QED) is 0.875. The molecule has 0 saturated heterocycles. The highest BCUT2D eigenvalue weighted by atomic mass is 79.9.